The SMILES string of the molecule is CN(CC1CC2CCC1C2)C(=O)COc1ccc(N)cc1. The van der Waals surface area contributed by atoms with Gasteiger partial charge < -0.3 is 15.4 Å². The van der Waals surface area contributed by atoms with Gasteiger partial charge in [-0.05, 0) is 61.3 Å². The summed E-state index contributed by atoms with van der Waals surface area (Å²) in [6.07, 6.45) is 5.45. The Balaban J connectivity index is 1.45. The van der Waals surface area contributed by atoms with Crippen molar-refractivity contribution >= 4 is 11.6 Å². The third-order valence-electron chi connectivity index (χ3n) is 5.06. The summed E-state index contributed by atoms with van der Waals surface area (Å²) in [5.74, 6) is 3.22. The van der Waals surface area contributed by atoms with Crippen molar-refractivity contribution in [1.82, 2.24) is 4.90 Å². The summed E-state index contributed by atoms with van der Waals surface area (Å²) < 4.78 is 5.52. The predicted octanol–water partition coefficient (Wildman–Crippen LogP) is 2.54. The molecule has 2 bridgehead atoms. The van der Waals surface area contributed by atoms with Crippen LogP contribution in [-0.4, -0.2) is 31.0 Å². The molecule has 114 valence electrons. The average molecular weight is 288 g/mol. The molecular weight excluding hydrogens is 264 g/mol. The molecule has 2 saturated carbocycles. The fraction of sp³-hybridized carbons (Fsp3) is 0.588. The quantitative estimate of drug-likeness (QED) is 0.847. The Labute approximate surface area is 126 Å². The van der Waals surface area contributed by atoms with Crippen molar-refractivity contribution in [3.63, 3.8) is 0 Å². The highest BCUT2D eigenvalue weighted by atomic mass is 16.5. The van der Waals surface area contributed by atoms with Gasteiger partial charge in [-0.15, -0.1) is 0 Å². The Morgan fingerprint density at radius 1 is 1.29 bits per heavy atom. The number of carbonyl (C=O) groups excluding carboxylic acids is 1. The van der Waals surface area contributed by atoms with Crippen LogP contribution in [0.15, 0.2) is 24.3 Å². The number of ether oxygens (including phenoxy) is 1. The van der Waals surface area contributed by atoms with Crippen LogP contribution in [0.25, 0.3) is 0 Å². The van der Waals surface area contributed by atoms with Gasteiger partial charge in [0.2, 0.25) is 0 Å². The smallest absolute Gasteiger partial charge is 0.260 e. The van der Waals surface area contributed by atoms with Crippen LogP contribution in [0.5, 0.6) is 5.75 Å². The second-order valence-corrected chi connectivity index (χ2v) is 6.57. The molecule has 1 aromatic rings. The van der Waals surface area contributed by atoms with Gasteiger partial charge in [0.05, 0.1) is 0 Å². The van der Waals surface area contributed by atoms with Crippen LogP contribution in [-0.2, 0) is 4.79 Å². The molecule has 2 fully saturated rings. The Morgan fingerprint density at radius 2 is 2.05 bits per heavy atom. The van der Waals surface area contributed by atoms with Crippen LogP contribution in [0.2, 0.25) is 0 Å². The second kappa shape index (κ2) is 5.96. The minimum absolute atomic E-state index is 0.0506. The third kappa shape index (κ3) is 3.31. The van der Waals surface area contributed by atoms with Gasteiger partial charge in [0.25, 0.3) is 5.91 Å². The van der Waals surface area contributed by atoms with Crippen molar-refractivity contribution < 1.29 is 9.53 Å². The highest BCUT2D eigenvalue weighted by molar-refractivity contribution is 5.77. The van der Waals surface area contributed by atoms with Gasteiger partial charge in [0.15, 0.2) is 6.61 Å². The molecule has 3 atom stereocenters. The van der Waals surface area contributed by atoms with Gasteiger partial charge in [0.1, 0.15) is 5.75 Å². The van der Waals surface area contributed by atoms with Crippen molar-refractivity contribution in [2.24, 2.45) is 17.8 Å². The normalized spacial score (nSPS) is 26.8. The van der Waals surface area contributed by atoms with Crippen molar-refractivity contribution in [1.29, 1.82) is 0 Å². The Kier molecular flexibility index (Phi) is 4.04. The number of anilines is 1. The minimum Gasteiger partial charge on any atom is -0.484 e. The van der Waals surface area contributed by atoms with Crippen LogP contribution in [0, 0.1) is 17.8 Å². The topological polar surface area (TPSA) is 55.6 Å². The fourth-order valence-electron chi connectivity index (χ4n) is 3.87. The van der Waals surface area contributed by atoms with Crippen molar-refractivity contribution in [3.8, 4) is 5.75 Å². The molecular formula is C17H24N2O2. The van der Waals surface area contributed by atoms with E-state index in [2.05, 4.69) is 0 Å². The van der Waals surface area contributed by atoms with E-state index in [-0.39, 0.29) is 12.5 Å². The highest BCUT2D eigenvalue weighted by Gasteiger charge is 2.40. The van der Waals surface area contributed by atoms with Gasteiger partial charge in [0, 0.05) is 19.3 Å². The number of nitrogen functional groups attached to an aromatic ring is 1. The number of nitrogens with two attached hydrogens (primary N) is 1. The number of hydrogen-bond acceptors (Lipinski definition) is 3. The Bertz CT molecular complexity index is 500. The fourth-order valence-corrected chi connectivity index (χ4v) is 3.87. The molecule has 4 heteroatoms. The van der Waals surface area contributed by atoms with E-state index < -0.39 is 0 Å². The largest absolute Gasteiger partial charge is 0.484 e. The number of fused-ring (bicyclic) bond motifs is 2. The Morgan fingerprint density at radius 3 is 2.67 bits per heavy atom. The number of benzene rings is 1. The van der Waals surface area contributed by atoms with E-state index >= 15 is 0 Å². The van der Waals surface area contributed by atoms with Gasteiger partial charge in [-0.3, -0.25) is 4.79 Å². The average Bonchev–Trinajstić information content (AvgIpc) is 3.09. The molecule has 0 aromatic heterocycles. The molecule has 1 aromatic carbocycles. The van der Waals surface area contributed by atoms with Crippen molar-refractivity contribution in [3.05, 3.63) is 24.3 Å². The number of rotatable bonds is 5. The van der Waals surface area contributed by atoms with E-state index in [1.807, 2.05) is 11.9 Å². The Hall–Kier alpha value is -1.71. The molecule has 21 heavy (non-hydrogen) atoms. The third-order valence-corrected chi connectivity index (χ3v) is 5.06. The van der Waals surface area contributed by atoms with E-state index in [0.29, 0.717) is 17.4 Å². The maximum Gasteiger partial charge on any atom is 0.260 e. The molecule has 2 N–H and O–H groups in total. The predicted molar refractivity (Wildman–Crippen MR) is 82.9 cm³/mol. The number of likely N-dealkylation sites (N-methyl/N-ethyl adjacent to an activating group) is 1. The van der Waals surface area contributed by atoms with Crippen molar-refractivity contribution in [2.75, 3.05) is 25.9 Å². The number of nitrogens with zero attached hydrogens (tertiary/aromatic N) is 1. The van der Waals surface area contributed by atoms with Gasteiger partial charge in [-0.25, -0.2) is 0 Å². The molecule has 2 aliphatic rings. The van der Waals surface area contributed by atoms with Crippen LogP contribution < -0.4 is 10.5 Å². The first-order valence-electron chi connectivity index (χ1n) is 7.84. The zero-order chi connectivity index (χ0) is 14.8. The summed E-state index contributed by atoms with van der Waals surface area (Å²) in [5, 5.41) is 0. The molecule has 0 heterocycles. The van der Waals surface area contributed by atoms with Crippen LogP contribution in [0.3, 0.4) is 0 Å². The van der Waals surface area contributed by atoms with Gasteiger partial charge in [-0.1, -0.05) is 6.42 Å². The maximum absolute atomic E-state index is 12.2. The standard InChI is InChI=1S/C17H24N2O2/c1-19(10-14-9-12-2-3-13(14)8-12)17(20)11-21-16-6-4-15(18)5-7-16/h4-7,12-14H,2-3,8-11,18H2,1H3. The first kappa shape index (κ1) is 14.2. The first-order valence-corrected chi connectivity index (χ1v) is 7.84. The van der Waals surface area contributed by atoms with Crippen LogP contribution in [0.1, 0.15) is 25.7 Å². The monoisotopic (exact) mass is 288 g/mol. The zero-order valence-corrected chi connectivity index (χ0v) is 12.6. The summed E-state index contributed by atoms with van der Waals surface area (Å²) >= 11 is 0. The van der Waals surface area contributed by atoms with E-state index in [1.54, 1.807) is 24.3 Å². The second-order valence-electron chi connectivity index (χ2n) is 6.57. The molecule has 2 aliphatic carbocycles. The van der Waals surface area contributed by atoms with E-state index in [1.165, 1.54) is 25.7 Å². The zero-order valence-electron chi connectivity index (χ0n) is 12.6. The molecule has 0 radical (unpaired) electrons. The molecule has 0 saturated heterocycles. The molecule has 3 unspecified atom stereocenters. The molecule has 1 amide bonds. The molecule has 0 aliphatic heterocycles. The number of amides is 1. The minimum atomic E-state index is 0.0506. The van der Waals surface area contributed by atoms with Crippen LogP contribution in [0.4, 0.5) is 5.69 Å². The van der Waals surface area contributed by atoms with Gasteiger partial charge >= 0.3 is 0 Å². The van der Waals surface area contributed by atoms with Crippen molar-refractivity contribution in [2.45, 2.75) is 25.7 Å². The summed E-state index contributed by atoms with van der Waals surface area (Å²) in [4.78, 5) is 14.0. The summed E-state index contributed by atoms with van der Waals surface area (Å²) in [6, 6.07) is 7.13. The number of carbonyl (C=O) groups is 1. The van der Waals surface area contributed by atoms with E-state index in [0.717, 1.165) is 18.4 Å². The highest BCUT2D eigenvalue weighted by Crippen LogP contribution is 2.48. The van der Waals surface area contributed by atoms with Gasteiger partial charge in [-0.2, -0.15) is 0 Å². The lowest BCUT2D eigenvalue weighted by atomic mass is 9.88. The lowest BCUT2D eigenvalue weighted by Crippen LogP contribution is -2.36. The molecule has 4 nitrogen and oxygen atoms in total. The summed E-state index contributed by atoms with van der Waals surface area (Å²) in [6.45, 7) is 0.979. The van der Waals surface area contributed by atoms with E-state index in [4.69, 9.17) is 10.5 Å². The molecule has 3 rings (SSSR count). The van der Waals surface area contributed by atoms with Crippen LogP contribution >= 0.6 is 0 Å². The number of hydrogen-bond donors (Lipinski definition) is 1. The molecule has 0 spiro atoms. The first-order chi connectivity index (χ1) is 10.1. The summed E-state index contributed by atoms with van der Waals surface area (Å²) in [5.41, 5.74) is 6.32. The lowest BCUT2D eigenvalue weighted by Gasteiger charge is -2.27. The van der Waals surface area contributed by atoms with E-state index in [9.17, 15) is 4.79 Å². The lowest BCUT2D eigenvalue weighted by molar-refractivity contribution is -0.132. The maximum atomic E-state index is 12.2. The summed E-state index contributed by atoms with van der Waals surface area (Å²) in [7, 11) is 1.89.